The minimum atomic E-state index is -5.08. The number of nitrogens with zero attached hydrogens (tertiary/aromatic N) is 1. The van der Waals surface area contributed by atoms with E-state index in [2.05, 4.69) is 0 Å². The Morgan fingerprint density at radius 1 is 1.33 bits per heavy atom. The molecule has 1 heterocycles. The number of carboxylic acid groups (broad SMARTS) is 1. The number of fused-ring (bicyclic) bond motifs is 1. The summed E-state index contributed by atoms with van der Waals surface area (Å²) in [6.07, 6.45) is -5.35. The van der Waals surface area contributed by atoms with Gasteiger partial charge in [-0.25, -0.2) is 4.79 Å². The van der Waals surface area contributed by atoms with Gasteiger partial charge < -0.3 is 9.84 Å². The largest absolute Gasteiger partial charge is 0.496 e. The summed E-state index contributed by atoms with van der Waals surface area (Å²) < 4.78 is 43.8. The molecule has 0 aliphatic carbocycles. The first-order valence-electron chi connectivity index (χ1n) is 5.72. The van der Waals surface area contributed by atoms with E-state index in [1.54, 1.807) is 0 Å². The van der Waals surface area contributed by atoms with Gasteiger partial charge in [-0.3, -0.25) is 9.36 Å². The summed E-state index contributed by atoms with van der Waals surface area (Å²) in [5.41, 5.74) is -0.283. The molecule has 2 rings (SSSR count). The van der Waals surface area contributed by atoms with Crippen LogP contribution in [0.15, 0.2) is 18.3 Å². The minimum Gasteiger partial charge on any atom is -0.496 e. The maximum absolute atomic E-state index is 12.7. The zero-order valence-electron chi connectivity index (χ0n) is 11.0. The molecule has 112 valence electrons. The highest BCUT2D eigenvalue weighted by atomic mass is 19.4. The van der Waals surface area contributed by atoms with E-state index in [-0.39, 0.29) is 16.7 Å². The van der Waals surface area contributed by atoms with Gasteiger partial charge in [-0.2, -0.15) is 13.2 Å². The summed E-state index contributed by atoms with van der Waals surface area (Å²) in [6.45, 7) is 1.52. The SMILES string of the molecule is COc1cc(C)c2c(ccn2C(=O)O)c1C(=O)C(F)(F)F. The van der Waals surface area contributed by atoms with Crippen LogP contribution in [-0.2, 0) is 0 Å². The van der Waals surface area contributed by atoms with Crippen molar-refractivity contribution in [3.63, 3.8) is 0 Å². The molecular formula is C13H10F3NO4. The Kier molecular flexibility index (Phi) is 3.40. The van der Waals surface area contributed by atoms with Gasteiger partial charge in [0.15, 0.2) is 0 Å². The van der Waals surface area contributed by atoms with Gasteiger partial charge in [0.2, 0.25) is 0 Å². The first-order valence-corrected chi connectivity index (χ1v) is 5.72. The molecule has 21 heavy (non-hydrogen) atoms. The molecule has 0 unspecified atom stereocenters. The second kappa shape index (κ2) is 4.80. The minimum absolute atomic E-state index is 0.0240. The quantitative estimate of drug-likeness (QED) is 0.865. The van der Waals surface area contributed by atoms with Gasteiger partial charge in [-0.1, -0.05) is 0 Å². The number of aryl methyl sites for hydroxylation is 1. The zero-order chi connectivity index (χ0) is 15.9. The lowest BCUT2D eigenvalue weighted by molar-refractivity contribution is -0.0885. The second-order valence-corrected chi connectivity index (χ2v) is 4.33. The Labute approximate surface area is 116 Å². The van der Waals surface area contributed by atoms with Crippen LogP contribution in [0.2, 0.25) is 0 Å². The predicted octanol–water partition coefficient (Wildman–Crippen LogP) is 3.23. The number of alkyl halides is 3. The normalized spacial score (nSPS) is 11.7. The van der Waals surface area contributed by atoms with Crippen molar-refractivity contribution in [1.82, 2.24) is 4.57 Å². The van der Waals surface area contributed by atoms with Crippen LogP contribution >= 0.6 is 0 Å². The van der Waals surface area contributed by atoms with E-state index in [4.69, 9.17) is 9.84 Å². The van der Waals surface area contributed by atoms with Crippen molar-refractivity contribution in [3.05, 3.63) is 29.5 Å². The molecule has 0 amide bonds. The van der Waals surface area contributed by atoms with Gasteiger partial charge in [0.1, 0.15) is 5.75 Å². The number of aromatic nitrogens is 1. The maximum Gasteiger partial charge on any atom is 0.455 e. The molecule has 0 aliphatic heterocycles. The summed E-state index contributed by atoms with van der Waals surface area (Å²) >= 11 is 0. The molecule has 0 bridgehead atoms. The Morgan fingerprint density at radius 2 is 1.95 bits per heavy atom. The van der Waals surface area contributed by atoms with Gasteiger partial charge in [-0.05, 0) is 24.6 Å². The molecule has 1 aromatic carbocycles. The lowest BCUT2D eigenvalue weighted by Crippen LogP contribution is -2.23. The first kappa shape index (κ1) is 14.9. The van der Waals surface area contributed by atoms with E-state index in [0.29, 0.717) is 5.56 Å². The van der Waals surface area contributed by atoms with Crippen molar-refractivity contribution in [2.24, 2.45) is 0 Å². The van der Waals surface area contributed by atoms with Gasteiger partial charge in [0.05, 0.1) is 18.2 Å². The average molecular weight is 301 g/mol. The van der Waals surface area contributed by atoms with Crippen molar-refractivity contribution in [3.8, 4) is 5.75 Å². The Morgan fingerprint density at radius 3 is 2.43 bits per heavy atom. The highest BCUT2D eigenvalue weighted by Crippen LogP contribution is 2.36. The molecule has 0 aliphatic rings. The van der Waals surface area contributed by atoms with Crippen molar-refractivity contribution < 1.29 is 32.6 Å². The highest BCUT2D eigenvalue weighted by Gasteiger charge is 2.42. The number of methoxy groups -OCH3 is 1. The molecule has 0 spiro atoms. The van der Waals surface area contributed by atoms with Crippen molar-refractivity contribution >= 4 is 22.8 Å². The molecule has 0 saturated heterocycles. The van der Waals surface area contributed by atoms with Crippen LogP contribution in [0.5, 0.6) is 5.75 Å². The summed E-state index contributed by atoms with van der Waals surface area (Å²) in [5, 5.41) is 8.92. The summed E-state index contributed by atoms with van der Waals surface area (Å²) in [5.74, 6) is -2.32. The molecule has 5 nitrogen and oxygen atoms in total. The summed E-state index contributed by atoms with van der Waals surface area (Å²) in [6, 6.07) is 2.36. The van der Waals surface area contributed by atoms with E-state index in [9.17, 15) is 22.8 Å². The number of ether oxygens (including phenoxy) is 1. The maximum atomic E-state index is 12.7. The average Bonchev–Trinajstić information content (AvgIpc) is 2.81. The zero-order valence-corrected chi connectivity index (χ0v) is 11.0. The van der Waals surface area contributed by atoms with Gasteiger partial charge >= 0.3 is 12.3 Å². The van der Waals surface area contributed by atoms with Gasteiger partial charge in [-0.15, -0.1) is 0 Å². The topological polar surface area (TPSA) is 68.5 Å². The van der Waals surface area contributed by atoms with Crippen LogP contribution < -0.4 is 4.74 Å². The molecule has 0 atom stereocenters. The van der Waals surface area contributed by atoms with E-state index in [1.807, 2.05) is 0 Å². The Bertz CT molecular complexity index is 746. The third kappa shape index (κ3) is 2.32. The van der Waals surface area contributed by atoms with E-state index in [0.717, 1.165) is 23.9 Å². The molecule has 1 aromatic heterocycles. The van der Waals surface area contributed by atoms with Crippen molar-refractivity contribution in [2.75, 3.05) is 7.11 Å². The fourth-order valence-electron chi connectivity index (χ4n) is 2.20. The number of hydrogen-bond acceptors (Lipinski definition) is 3. The number of rotatable bonds is 2. The number of hydrogen-bond donors (Lipinski definition) is 1. The Hall–Kier alpha value is -2.51. The number of carbonyl (C=O) groups excluding carboxylic acids is 1. The third-order valence-corrected chi connectivity index (χ3v) is 3.03. The van der Waals surface area contributed by atoms with E-state index in [1.165, 1.54) is 13.0 Å². The number of halogens is 3. The summed E-state index contributed by atoms with van der Waals surface area (Å²) in [4.78, 5) is 22.7. The van der Waals surface area contributed by atoms with Crippen LogP contribution in [-0.4, -0.2) is 34.8 Å². The first-order chi connectivity index (χ1) is 9.68. The highest BCUT2D eigenvalue weighted by molar-refractivity contribution is 6.14. The van der Waals surface area contributed by atoms with E-state index < -0.39 is 23.6 Å². The van der Waals surface area contributed by atoms with Crippen LogP contribution in [0.3, 0.4) is 0 Å². The molecule has 0 fully saturated rings. The number of benzene rings is 1. The van der Waals surface area contributed by atoms with Crippen molar-refractivity contribution in [1.29, 1.82) is 0 Å². The Balaban J connectivity index is 2.89. The fraction of sp³-hybridized carbons (Fsp3) is 0.231. The monoisotopic (exact) mass is 301 g/mol. The lowest BCUT2D eigenvalue weighted by atomic mass is 10.0. The molecule has 2 aromatic rings. The third-order valence-electron chi connectivity index (χ3n) is 3.03. The standard InChI is InChI=1S/C13H10F3NO4/c1-6-5-8(21-2)9(11(18)13(14,15)16)7-3-4-17(10(6)7)12(19)20/h3-5H,1-2H3,(H,19,20). The number of carbonyl (C=O) groups is 2. The lowest BCUT2D eigenvalue weighted by Gasteiger charge is -2.13. The molecule has 0 saturated carbocycles. The van der Waals surface area contributed by atoms with Crippen LogP contribution in [0.1, 0.15) is 15.9 Å². The van der Waals surface area contributed by atoms with E-state index >= 15 is 0 Å². The molecule has 1 N–H and O–H groups in total. The van der Waals surface area contributed by atoms with Crippen LogP contribution in [0, 0.1) is 6.92 Å². The predicted molar refractivity (Wildman–Crippen MR) is 67.0 cm³/mol. The van der Waals surface area contributed by atoms with Gasteiger partial charge in [0, 0.05) is 11.6 Å². The smallest absolute Gasteiger partial charge is 0.455 e. The molecule has 0 radical (unpaired) electrons. The number of ketones is 1. The fourth-order valence-corrected chi connectivity index (χ4v) is 2.20. The second-order valence-electron chi connectivity index (χ2n) is 4.33. The van der Waals surface area contributed by atoms with Crippen LogP contribution in [0.25, 0.3) is 10.9 Å². The molecular weight excluding hydrogens is 291 g/mol. The van der Waals surface area contributed by atoms with Gasteiger partial charge in [0.25, 0.3) is 5.78 Å². The van der Waals surface area contributed by atoms with Crippen LogP contribution in [0.4, 0.5) is 18.0 Å². The number of Topliss-reactive ketones (excluding diaryl/α,β-unsaturated/α-hetero) is 1. The van der Waals surface area contributed by atoms with Crippen molar-refractivity contribution in [2.45, 2.75) is 13.1 Å². The summed E-state index contributed by atoms with van der Waals surface area (Å²) in [7, 11) is 1.14. The molecule has 8 heteroatoms.